The van der Waals surface area contributed by atoms with E-state index in [0.29, 0.717) is 6.04 Å². The normalized spacial score (nSPS) is 23.4. The van der Waals surface area contributed by atoms with Gasteiger partial charge in [0.25, 0.3) is 0 Å². The number of nitrogens with one attached hydrogen (secondary N) is 1. The van der Waals surface area contributed by atoms with Gasteiger partial charge >= 0.3 is 0 Å². The number of hydrogen-bond acceptors (Lipinski definition) is 4. The standard InChI is InChI=1S/C21H29N5OS/c1-16(2)25-9-5-7-18(25)20-19(17-6-3-4-8-22-17)23-21(28)26(20)11-10-24-12-14-27-15-13-24/h3-9,16,19-20H,10-15H2,1-2H3,(H,23,28)/t19-,20+/m1/s1. The summed E-state index contributed by atoms with van der Waals surface area (Å²) in [6.07, 6.45) is 4.02. The Kier molecular flexibility index (Phi) is 5.94. The monoisotopic (exact) mass is 399 g/mol. The van der Waals surface area contributed by atoms with Crippen molar-refractivity contribution in [2.24, 2.45) is 0 Å². The second kappa shape index (κ2) is 8.59. The van der Waals surface area contributed by atoms with Gasteiger partial charge < -0.3 is 19.5 Å². The summed E-state index contributed by atoms with van der Waals surface area (Å²) < 4.78 is 7.83. The van der Waals surface area contributed by atoms with Crippen LogP contribution >= 0.6 is 12.2 Å². The summed E-state index contributed by atoms with van der Waals surface area (Å²) in [7, 11) is 0. The van der Waals surface area contributed by atoms with Crippen molar-refractivity contribution in [3.05, 3.63) is 54.1 Å². The average molecular weight is 400 g/mol. The van der Waals surface area contributed by atoms with Gasteiger partial charge in [0.15, 0.2) is 5.11 Å². The predicted octanol–water partition coefficient (Wildman–Crippen LogP) is 2.77. The molecule has 0 aliphatic carbocycles. The van der Waals surface area contributed by atoms with E-state index in [1.807, 2.05) is 18.3 Å². The van der Waals surface area contributed by atoms with Crippen molar-refractivity contribution in [3.63, 3.8) is 0 Å². The highest BCUT2D eigenvalue weighted by Gasteiger charge is 2.41. The minimum Gasteiger partial charge on any atom is -0.379 e. The van der Waals surface area contributed by atoms with E-state index >= 15 is 0 Å². The minimum absolute atomic E-state index is 0.0470. The zero-order valence-electron chi connectivity index (χ0n) is 16.6. The molecule has 0 aromatic carbocycles. The van der Waals surface area contributed by atoms with E-state index in [1.165, 1.54) is 5.69 Å². The molecule has 1 N–H and O–H groups in total. The molecule has 2 fully saturated rings. The summed E-state index contributed by atoms with van der Waals surface area (Å²) in [6, 6.07) is 11.0. The molecule has 6 nitrogen and oxygen atoms in total. The molecule has 2 aliphatic rings. The van der Waals surface area contributed by atoms with Crippen LogP contribution in [-0.2, 0) is 4.74 Å². The Morgan fingerprint density at radius 3 is 2.71 bits per heavy atom. The highest BCUT2D eigenvalue weighted by Crippen LogP contribution is 2.39. The molecule has 2 atom stereocenters. The number of aromatic nitrogens is 2. The third-order valence-electron chi connectivity index (χ3n) is 5.63. The van der Waals surface area contributed by atoms with Gasteiger partial charge in [0.1, 0.15) is 0 Å². The van der Waals surface area contributed by atoms with Gasteiger partial charge in [-0.15, -0.1) is 0 Å². The van der Waals surface area contributed by atoms with Crippen molar-refractivity contribution < 1.29 is 4.74 Å². The molecule has 7 heteroatoms. The van der Waals surface area contributed by atoms with Crippen LogP contribution in [0.25, 0.3) is 0 Å². The topological polar surface area (TPSA) is 45.6 Å². The van der Waals surface area contributed by atoms with Crippen LogP contribution in [0.2, 0.25) is 0 Å². The maximum absolute atomic E-state index is 5.78. The van der Waals surface area contributed by atoms with E-state index in [1.54, 1.807) is 0 Å². The molecule has 0 bridgehead atoms. The number of rotatable bonds is 6. The molecular weight excluding hydrogens is 370 g/mol. The largest absolute Gasteiger partial charge is 0.379 e. The Morgan fingerprint density at radius 1 is 1.18 bits per heavy atom. The second-order valence-corrected chi connectivity index (χ2v) is 8.09. The first-order valence-corrected chi connectivity index (χ1v) is 10.5. The maximum Gasteiger partial charge on any atom is 0.170 e. The minimum atomic E-state index is 0.0470. The molecule has 0 radical (unpaired) electrons. The van der Waals surface area contributed by atoms with Crippen molar-refractivity contribution in [2.45, 2.75) is 32.0 Å². The number of nitrogens with zero attached hydrogens (tertiary/aromatic N) is 4. The lowest BCUT2D eigenvalue weighted by Gasteiger charge is -2.33. The van der Waals surface area contributed by atoms with Gasteiger partial charge in [0, 0.05) is 50.3 Å². The first-order chi connectivity index (χ1) is 13.6. The molecule has 2 aromatic heterocycles. The molecule has 0 amide bonds. The van der Waals surface area contributed by atoms with E-state index in [2.05, 4.69) is 62.9 Å². The van der Waals surface area contributed by atoms with Crippen molar-refractivity contribution in [1.82, 2.24) is 24.7 Å². The Balaban J connectivity index is 1.63. The van der Waals surface area contributed by atoms with Crippen LogP contribution in [0, 0.1) is 0 Å². The van der Waals surface area contributed by atoms with E-state index in [9.17, 15) is 0 Å². The van der Waals surface area contributed by atoms with Crippen LogP contribution in [0.3, 0.4) is 0 Å². The summed E-state index contributed by atoms with van der Waals surface area (Å²) in [5.74, 6) is 0. The van der Waals surface area contributed by atoms with Crippen molar-refractivity contribution in [3.8, 4) is 0 Å². The van der Waals surface area contributed by atoms with Crippen LogP contribution in [0.15, 0.2) is 42.7 Å². The van der Waals surface area contributed by atoms with E-state index in [0.717, 1.165) is 50.2 Å². The molecule has 2 saturated heterocycles. The van der Waals surface area contributed by atoms with Gasteiger partial charge in [-0.3, -0.25) is 9.88 Å². The fraction of sp³-hybridized carbons (Fsp3) is 0.524. The Morgan fingerprint density at radius 2 is 2.00 bits per heavy atom. The maximum atomic E-state index is 5.78. The molecule has 0 spiro atoms. The number of ether oxygens (including phenoxy) is 1. The van der Waals surface area contributed by atoms with Crippen LogP contribution in [0.1, 0.15) is 43.4 Å². The second-order valence-electron chi connectivity index (χ2n) is 7.71. The van der Waals surface area contributed by atoms with E-state index in [-0.39, 0.29) is 12.1 Å². The summed E-state index contributed by atoms with van der Waals surface area (Å²) in [6.45, 7) is 9.94. The summed E-state index contributed by atoms with van der Waals surface area (Å²) in [4.78, 5) is 9.43. The molecule has 0 unspecified atom stereocenters. The van der Waals surface area contributed by atoms with Gasteiger partial charge in [0.05, 0.1) is 31.0 Å². The molecule has 150 valence electrons. The fourth-order valence-corrected chi connectivity index (χ4v) is 4.50. The SMILES string of the molecule is CC(C)n1cccc1[C@H]1[C@@H](c2ccccn2)NC(=S)N1CCN1CCOCC1. The summed E-state index contributed by atoms with van der Waals surface area (Å²) in [5.41, 5.74) is 2.31. The molecule has 28 heavy (non-hydrogen) atoms. The van der Waals surface area contributed by atoms with Crippen LogP contribution < -0.4 is 5.32 Å². The highest BCUT2D eigenvalue weighted by molar-refractivity contribution is 7.80. The van der Waals surface area contributed by atoms with Crippen molar-refractivity contribution >= 4 is 17.3 Å². The lowest BCUT2D eigenvalue weighted by atomic mass is 10.0. The zero-order chi connectivity index (χ0) is 19.5. The lowest BCUT2D eigenvalue weighted by molar-refractivity contribution is 0.0349. The summed E-state index contributed by atoms with van der Waals surface area (Å²) >= 11 is 5.78. The first kappa shape index (κ1) is 19.4. The molecular formula is C21H29N5OS. The third kappa shape index (κ3) is 3.92. The number of thiocarbonyl (C=S) groups is 1. The van der Waals surface area contributed by atoms with Crippen LogP contribution in [0.4, 0.5) is 0 Å². The third-order valence-corrected chi connectivity index (χ3v) is 5.98. The highest BCUT2D eigenvalue weighted by atomic mass is 32.1. The zero-order valence-corrected chi connectivity index (χ0v) is 17.4. The van der Waals surface area contributed by atoms with Gasteiger partial charge in [-0.25, -0.2) is 0 Å². The molecule has 4 rings (SSSR count). The number of hydrogen-bond donors (Lipinski definition) is 1. The van der Waals surface area contributed by atoms with Gasteiger partial charge in [0.2, 0.25) is 0 Å². The number of pyridine rings is 1. The molecule has 0 saturated carbocycles. The van der Waals surface area contributed by atoms with Gasteiger partial charge in [-0.1, -0.05) is 6.07 Å². The lowest BCUT2D eigenvalue weighted by Crippen LogP contribution is -2.42. The first-order valence-electron chi connectivity index (χ1n) is 10.1. The fourth-order valence-electron chi connectivity index (χ4n) is 4.17. The summed E-state index contributed by atoms with van der Waals surface area (Å²) in [5, 5.41) is 4.36. The molecule has 2 aliphatic heterocycles. The predicted molar refractivity (Wildman–Crippen MR) is 114 cm³/mol. The smallest absolute Gasteiger partial charge is 0.170 e. The molecule has 4 heterocycles. The van der Waals surface area contributed by atoms with Crippen molar-refractivity contribution in [2.75, 3.05) is 39.4 Å². The van der Waals surface area contributed by atoms with E-state index < -0.39 is 0 Å². The quantitative estimate of drug-likeness (QED) is 0.754. The van der Waals surface area contributed by atoms with Crippen LogP contribution in [0.5, 0.6) is 0 Å². The van der Waals surface area contributed by atoms with Gasteiger partial charge in [-0.2, -0.15) is 0 Å². The number of morpholine rings is 1. The Hall–Kier alpha value is -1.96. The van der Waals surface area contributed by atoms with E-state index in [4.69, 9.17) is 17.0 Å². The van der Waals surface area contributed by atoms with Gasteiger partial charge in [-0.05, 0) is 50.3 Å². The molecule has 2 aromatic rings. The van der Waals surface area contributed by atoms with Crippen molar-refractivity contribution in [1.29, 1.82) is 0 Å². The Bertz CT molecular complexity index is 787. The average Bonchev–Trinajstić information content (AvgIpc) is 3.32. The Labute approximate surface area is 172 Å². The van der Waals surface area contributed by atoms with Crippen LogP contribution in [-0.4, -0.2) is 63.9 Å².